The fourth-order valence-electron chi connectivity index (χ4n) is 2.34. The van der Waals surface area contributed by atoms with E-state index in [1.807, 2.05) is 18.2 Å². The minimum atomic E-state index is -0.191. The summed E-state index contributed by atoms with van der Waals surface area (Å²) in [6, 6.07) is 9.00. The average Bonchev–Trinajstić information content (AvgIpc) is 2.42. The van der Waals surface area contributed by atoms with Gasteiger partial charge in [0.2, 0.25) is 0 Å². The van der Waals surface area contributed by atoms with Gasteiger partial charge < -0.3 is 10.1 Å². The highest BCUT2D eigenvalue weighted by molar-refractivity contribution is 5.94. The number of ether oxygens (including phenoxy) is 1. The van der Waals surface area contributed by atoms with Gasteiger partial charge >= 0.3 is 0 Å². The maximum Gasteiger partial charge on any atom is 0.293 e. The molecule has 1 aliphatic carbocycles. The van der Waals surface area contributed by atoms with Crippen molar-refractivity contribution in [2.45, 2.75) is 37.8 Å². The quantitative estimate of drug-likeness (QED) is 0.827. The van der Waals surface area contributed by atoms with Crippen LogP contribution in [0, 0.1) is 0 Å². The summed E-state index contributed by atoms with van der Waals surface area (Å²) < 4.78 is 5.04. The van der Waals surface area contributed by atoms with E-state index in [-0.39, 0.29) is 18.1 Å². The predicted octanol–water partition coefficient (Wildman–Crippen LogP) is 1.90. The number of hydrogen-bond acceptors (Lipinski definition) is 3. The number of hydrogen-bond donors (Lipinski definition) is 1. The van der Waals surface area contributed by atoms with Crippen LogP contribution >= 0.6 is 0 Å². The van der Waals surface area contributed by atoms with Crippen LogP contribution in [0.5, 0.6) is 0 Å². The zero-order chi connectivity index (χ0) is 12.8. The third-order valence-corrected chi connectivity index (χ3v) is 3.29. The van der Waals surface area contributed by atoms with E-state index in [0.29, 0.717) is 12.0 Å². The molecule has 4 nitrogen and oxygen atoms in total. The van der Waals surface area contributed by atoms with Gasteiger partial charge in [0, 0.05) is 5.56 Å². The van der Waals surface area contributed by atoms with Crippen LogP contribution in [0.4, 0.5) is 0 Å². The first kappa shape index (κ1) is 12.6. The topological polar surface area (TPSA) is 55.4 Å². The monoisotopic (exact) mass is 247 g/mol. The highest BCUT2D eigenvalue weighted by Crippen LogP contribution is 2.21. The van der Waals surface area contributed by atoms with Crippen molar-refractivity contribution < 1.29 is 14.3 Å². The number of nitrogens with one attached hydrogen (secondary N) is 1. The zero-order valence-electron chi connectivity index (χ0n) is 10.2. The second-order valence-electron chi connectivity index (χ2n) is 4.50. The number of rotatable bonds is 4. The SMILES string of the molecule is O=CO[C@@H]1CCCC[C@@H]1NC(=O)c1ccccc1. The van der Waals surface area contributed by atoms with Crippen LogP contribution in [0.15, 0.2) is 30.3 Å². The van der Waals surface area contributed by atoms with Crippen LogP contribution in [0.3, 0.4) is 0 Å². The summed E-state index contributed by atoms with van der Waals surface area (Å²) in [5, 5.41) is 2.95. The zero-order valence-corrected chi connectivity index (χ0v) is 10.2. The summed E-state index contributed by atoms with van der Waals surface area (Å²) in [6.07, 6.45) is 3.58. The molecule has 1 aliphatic rings. The first-order valence-corrected chi connectivity index (χ1v) is 6.26. The molecule has 2 rings (SSSR count). The van der Waals surface area contributed by atoms with E-state index in [2.05, 4.69) is 5.32 Å². The normalized spacial score (nSPS) is 23.1. The van der Waals surface area contributed by atoms with Gasteiger partial charge in [-0.2, -0.15) is 0 Å². The molecule has 0 saturated heterocycles. The molecule has 1 aromatic rings. The third kappa shape index (κ3) is 3.09. The fourth-order valence-corrected chi connectivity index (χ4v) is 2.34. The lowest BCUT2D eigenvalue weighted by molar-refractivity contribution is -0.136. The van der Waals surface area contributed by atoms with Gasteiger partial charge in [0.15, 0.2) is 0 Å². The number of carbonyl (C=O) groups excluding carboxylic acids is 2. The molecule has 0 aliphatic heterocycles. The molecule has 0 heterocycles. The molecule has 0 spiro atoms. The number of carbonyl (C=O) groups is 2. The van der Waals surface area contributed by atoms with Crippen molar-refractivity contribution in [3.8, 4) is 0 Å². The molecular formula is C14H17NO3. The predicted molar refractivity (Wildman–Crippen MR) is 67.1 cm³/mol. The summed E-state index contributed by atoms with van der Waals surface area (Å²) in [4.78, 5) is 22.4. The van der Waals surface area contributed by atoms with Gasteiger partial charge in [0.1, 0.15) is 6.10 Å². The minimum Gasteiger partial charge on any atom is -0.462 e. The van der Waals surface area contributed by atoms with Gasteiger partial charge in [0.25, 0.3) is 12.4 Å². The Kier molecular flexibility index (Phi) is 4.34. The Morgan fingerprint density at radius 3 is 2.67 bits per heavy atom. The Hall–Kier alpha value is -1.84. The number of benzene rings is 1. The van der Waals surface area contributed by atoms with Crippen molar-refractivity contribution in [1.82, 2.24) is 5.32 Å². The number of amides is 1. The van der Waals surface area contributed by atoms with E-state index in [4.69, 9.17) is 4.74 Å². The molecule has 96 valence electrons. The van der Waals surface area contributed by atoms with E-state index in [1.54, 1.807) is 12.1 Å². The van der Waals surface area contributed by atoms with Crippen molar-refractivity contribution in [1.29, 1.82) is 0 Å². The standard InChI is InChI=1S/C14H17NO3/c16-10-18-13-9-5-4-8-12(13)15-14(17)11-6-2-1-3-7-11/h1-3,6-7,10,12-13H,4-5,8-9H2,(H,15,17)/t12-,13+/m0/s1. The van der Waals surface area contributed by atoms with Crippen molar-refractivity contribution in [2.75, 3.05) is 0 Å². The molecule has 1 N–H and O–H groups in total. The highest BCUT2D eigenvalue weighted by Gasteiger charge is 2.27. The molecule has 0 unspecified atom stereocenters. The van der Waals surface area contributed by atoms with Gasteiger partial charge in [0.05, 0.1) is 6.04 Å². The van der Waals surface area contributed by atoms with Gasteiger partial charge in [-0.05, 0) is 31.4 Å². The smallest absolute Gasteiger partial charge is 0.293 e. The van der Waals surface area contributed by atoms with Crippen molar-refractivity contribution in [3.05, 3.63) is 35.9 Å². The Morgan fingerprint density at radius 2 is 1.94 bits per heavy atom. The Morgan fingerprint density at radius 1 is 1.22 bits per heavy atom. The van der Waals surface area contributed by atoms with Crippen LogP contribution < -0.4 is 5.32 Å². The third-order valence-electron chi connectivity index (χ3n) is 3.29. The van der Waals surface area contributed by atoms with Crippen LogP contribution in [-0.4, -0.2) is 24.5 Å². The van der Waals surface area contributed by atoms with E-state index >= 15 is 0 Å². The largest absolute Gasteiger partial charge is 0.462 e. The summed E-state index contributed by atoms with van der Waals surface area (Å²) >= 11 is 0. The molecule has 1 saturated carbocycles. The first-order chi connectivity index (χ1) is 8.81. The molecular weight excluding hydrogens is 230 g/mol. The van der Waals surface area contributed by atoms with Crippen LogP contribution in [-0.2, 0) is 9.53 Å². The molecule has 1 fully saturated rings. The van der Waals surface area contributed by atoms with Crippen molar-refractivity contribution in [2.24, 2.45) is 0 Å². The Labute approximate surface area is 106 Å². The molecule has 0 radical (unpaired) electrons. The molecule has 4 heteroatoms. The average molecular weight is 247 g/mol. The Balaban J connectivity index is 1.98. The van der Waals surface area contributed by atoms with Crippen molar-refractivity contribution in [3.63, 3.8) is 0 Å². The van der Waals surface area contributed by atoms with E-state index in [1.165, 1.54) is 0 Å². The molecule has 18 heavy (non-hydrogen) atoms. The fraction of sp³-hybridized carbons (Fsp3) is 0.429. The second kappa shape index (κ2) is 6.19. The molecule has 0 aromatic heterocycles. The van der Waals surface area contributed by atoms with Crippen LogP contribution in [0.1, 0.15) is 36.0 Å². The minimum absolute atomic E-state index is 0.0725. The molecule has 2 atom stereocenters. The van der Waals surface area contributed by atoms with Crippen molar-refractivity contribution >= 4 is 12.4 Å². The van der Waals surface area contributed by atoms with E-state index < -0.39 is 0 Å². The van der Waals surface area contributed by atoms with E-state index in [0.717, 1.165) is 25.7 Å². The maximum atomic E-state index is 12.0. The molecule has 1 amide bonds. The second-order valence-corrected chi connectivity index (χ2v) is 4.50. The molecule has 1 aromatic carbocycles. The summed E-state index contributed by atoms with van der Waals surface area (Å²) in [5.41, 5.74) is 0.632. The van der Waals surface area contributed by atoms with Gasteiger partial charge in [-0.1, -0.05) is 24.6 Å². The van der Waals surface area contributed by atoms with Gasteiger partial charge in [-0.25, -0.2) is 0 Å². The van der Waals surface area contributed by atoms with Crippen LogP contribution in [0.25, 0.3) is 0 Å². The lowest BCUT2D eigenvalue weighted by Crippen LogP contribution is -2.46. The lowest BCUT2D eigenvalue weighted by atomic mass is 9.92. The summed E-state index contributed by atoms with van der Waals surface area (Å²) in [7, 11) is 0. The highest BCUT2D eigenvalue weighted by atomic mass is 16.5. The van der Waals surface area contributed by atoms with Crippen LogP contribution in [0.2, 0.25) is 0 Å². The van der Waals surface area contributed by atoms with Gasteiger partial charge in [-0.15, -0.1) is 0 Å². The summed E-state index contributed by atoms with van der Waals surface area (Å²) in [5.74, 6) is -0.109. The van der Waals surface area contributed by atoms with E-state index in [9.17, 15) is 9.59 Å². The molecule has 0 bridgehead atoms. The lowest BCUT2D eigenvalue weighted by Gasteiger charge is -2.30. The Bertz CT molecular complexity index is 405. The van der Waals surface area contributed by atoms with Gasteiger partial charge in [-0.3, -0.25) is 9.59 Å². The maximum absolute atomic E-state index is 12.0. The first-order valence-electron chi connectivity index (χ1n) is 6.26. The summed E-state index contributed by atoms with van der Waals surface area (Å²) in [6.45, 7) is 0.470.